The Morgan fingerprint density at radius 2 is 2.28 bits per heavy atom. The fourth-order valence-corrected chi connectivity index (χ4v) is 5.52. The standard InChI is InChI=1S/C22H23FN6O2S/c1-29(5-6-31-2)22(30)12-3-4-14-18(8-12)32-21-19(14)20(24-11-25-21)27-17-7-13-10-26-28-16(13)9-15(17)23/h7,9-12H,3-6,8H2,1-2H3,(H,26,28)(H,24,25,27)/t12-/m0/s1. The molecule has 1 aromatic carbocycles. The molecule has 0 unspecified atom stereocenters. The fraction of sp³-hybridized carbons (Fsp3) is 0.364. The van der Waals surface area contributed by atoms with Crippen LogP contribution in [0.2, 0.25) is 0 Å². The van der Waals surface area contributed by atoms with Crippen LogP contribution in [0.4, 0.5) is 15.9 Å². The highest BCUT2D eigenvalue weighted by Crippen LogP contribution is 2.41. The van der Waals surface area contributed by atoms with E-state index in [1.165, 1.54) is 12.4 Å². The second kappa shape index (κ2) is 8.44. The van der Waals surface area contributed by atoms with Gasteiger partial charge in [-0.05, 0) is 30.9 Å². The van der Waals surface area contributed by atoms with Gasteiger partial charge in [-0.25, -0.2) is 14.4 Å². The summed E-state index contributed by atoms with van der Waals surface area (Å²) in [5, 5.41) is 11.6. The van der Waals surface area contributed by atoms with E-state index in [-0.39, 0.29) is 17.6 Å². The minimum absolute atomic E-state index is 0.0530. The topological polar surface area (TPSA) is 96.0 Å². The van der Waals surface area contributed by atoms with Crippen LogP contribution < -0.4 is 5.32 Å². The molecule has 1 atom stereocenters. The van der Waals surface area contributed by atoms with Crippen molar-refractivity contribution >= 4 is 49.9 Å². The van der Waals surface area contributed by atoms with Crippen molar-refractivity contribution in [2.75, 3.05) is 32.6 Å². The number of aromatic amines is 1. The number of aryl methyl sites for hydroxylation is 1. The quantitative estimate of drug-likeness (QED) is 0.462. The number of nitrogens with one attached hydrogen (secondary N) is 2. The molecule has 32 heavy (non-hydrogen) atoms. The molecule has 3 heterocycles. The predicted octanol–water partition coefficient (Wildman–Crippen LogP) is 3.66. The number of likely N-dealkylation sites (N-methyl/N-ethyl adjacent to an activating group) is 1. The highest BCUT2D eigenvalue weighted by molar-refractivity contribution is 7.19. The number of hydrogen-bond donors (Lipinski definition) is 2. The van der Waals surface area contributed by atoms with Crippen molar-refractivity contribution in [3.05, 3.63) is 40.9 Å². The number of H-pyrrole nitrogens is 1. The molecule has 1 aliphatic carbocycles. The molecule has 1 aliphatic rings. The van der Waals surface area contributed by atoms with Crippen LogP contribution in [0.15, 0.2) is 24.7 Å². The van der Waals surface area contributed by atoms with Gasteiger partial charge in [0.05, 0.1) is 29.4 Å². The van der Waals surface area contributed by atoms with Gasteiger partial charge in [0, 0.05) is 42.9 Å². The molecule has 2 N–H and O–H groups in total. The number of nitrogens with zero attached hydrogens (tertiary/aromatic N) is 4. The Morgan fingerprint density at radius 3 is 3.12 bits per heavy atom. The first-order chi connectivity index (χ1) is 15.5. The highest BCUT2D eigenvalue weighted by atomic mass is 32.1. The summed E-state index contributed by atoms with van der Waals surface area (Å²) in [6.45, 7) is 1.10. The Kier molecular flexibility index (Phi) is 5.48. The van der Waals surface area contributed by atoms with Crippen LogP contribution in [-0.4, -0.2) is 58.3 Å². The zero-order valence-corrected chi connectivity index (χ0v) is 18.6. The number of thiophene rings is 1. The van der Waals surface area contributed by atoms with Crippen molar-refractivity contribution in [1.29, 1.82) is 0 Å². The SMILES string of the molecule is COCCN(C)C(=O)[C@H]1CCc2c(sc3ncnc(Nc4cc5cn[nH]c5cc4F)c23)C1. The van der Waals surface area contributed by atoms with E-state index in [4.69, 9.17) is 4.74 Å². The average molecular weight is 455 g/mol. The van der Waals surface area contributed by atoms with Crippen LogP contribution in [0, 0.1) is 11.7 Å². The van der Waals surface area contributed by atoms with Crippen LogP contribution in [0.1, 0.15) is 16.9 Å². The Bertz CT molecular complexity index is 1300. The summed E-state index contributed by atoms with van der Waals surface area (Å²) in [6.07, 6.45) is 5.35. The summed E-state index contributed by atoms with van der Waals surface area (Å²) < 4.78 is 19.7. The van der Waals surface area contributed by atoms with Crippen LogP contribution in [0.3, 0.4) is 0 Å². The zero-order chi connectivity index (χ0) is 22.2. The van der Waals surface area contributed by atoms with Gasteiger partial charge in [0.15, 0.2) is 0 Å². The maximum atomic E-state index is 14.6. The van der Waals surface area contributed by atoms with Gasteiger partial charge < -0.3 is 15.0 Å². The number of methoxy groups -OCH3 is 1. The Balaban J connectivity index is 1.44. The smallest absolute Gasteiger partial charge is 0.225 e. The first-order valence-corrected chi connectivity index (χ1v) is 11.3. The Morgan fingerprint density at radius 1 is 1.41 bits per heavy atom. The lowest BCUT2D eigenvalue weighted by Crippen LogP contribution is -2.37. The van der Waals surface area contributed by atoms with Gasteiger partial charge in [0.1, 0.15) is 22.8 Å². The lowest BCUT2D eigenvalue weighted by atomic mass is 9.87. The van der Waals surface area contributed by atoms with E-state index in [1.807, 2.05) is 7.05 Å². The number of rotatable bonds is 6. The summed E-state index contributed by atoms with van der Waals surface area (Å²) in [7, 11) is 3.45. The molecule has 4 aromatic rings. The van der Waals surface area contributed by atoms with Crippen molar-refractivity contribution in [3.63, 3.8) is 0 Å². The third-order valence-corrected chi connectivity index (χ3v) is 7.14. The molecule has 8 nitrogen and oxygen atoms in total. The van der Waals surface area contributed by atoms with E-state index in [1.54, 1.807) is 35.6 Å². The molecule has 3 aromatic heterocycles. The third-order valence-electron chi connectivity index (χ3n) is 5.98. The lowest BCUT2D eigenvalue weighted by molar-refractivity contribution is -0.135. The van der Waals surface area contributed by atoms with Crippen molar-refractivity contribution in [2.24, 2.45) is 5.92 Å². The third kappa shape index (κ3) is 3.69. The molecular weight excluding hydrogens is 431 g/mol. The summed E-state index contributed by atoms with van der Waals surface area (Å²) in [4.78, 5) is 25.4. The predicted molar refractivity (Wildman–Crippen MR) is 122 cm³/mol. The molecule has 5 rings (SSSR count). The fourth-order valence-electron chi connectivity index (χ4n) is 4.25. The minimum atomic E-state index is -0.387. The molecule has 0 radical (unpaired) electrons. The number of carbonyl (C=O) groups excluding carboxylic acids is 1. The maximum absolute atomic E-state index is 14.6. The van der Waals surface area contributed by atoms with Gasteiger partial charge in [-0.2, -0.15) is 5.10 Å². The van der Waals surface area contributed by atoms with Gasteiger partial charge in [0.2, 0.25) is 5.91 Å². The molecule has 1 amide bonds. The monoisotopic (exact) mass is 454 g/mol. The van der Waals surface area contributed by atoms with E-state index in [9.17, 15) is 9.18 Å². The summed E-state index contributed by atoms with van der Waals surface area (Å²) in [5.74, 6) is 0.284. The van der Waals surface area contributed by atoms with Crippen LogP contribution >= 0.6 is 11.3 Å². The molecule has 0 saturated heterocycles. The minimum Gasteiger partial charge on any atom is -0.383 e. The number of halogens is 1. The van der Waals surface area contributed by atoms with Gasteiger partial charge in [0.25, 0.3) is 0 Å². The molecule has 0 fully saturated rings. The first kappa shape index (κ1) is 20.8. The summed E-state index contributed by atoms with van der Waals surface area (Å²) in [6, 6.07) is 3.13. The molecule has 166 valence electrons. The van der Waals surface area contributed by atoms with Crippen molar-refractivity contribution in [3.8, 4) is 0 Å². The van der Waals surface area contributed by atoms with Gasteiger partial charge in [-0.1, -0.05) is 0 Å². The Labute approximate surface area is 187 Å². The summed E-state index contributed by atoms with van der Waals surface area (Å²) >= 11 is 1.59. The van der Waals surface area contributed by atoms with Crippen molar-refractivity contribution in [1.82, 2.24) is 25.1 Å². The molecule has 10 heteroatoms. The largest absolute Gasteiger partial charge is 0.383 e. The average Bonchev–Trinajstić information content (AvgIpc) is 3.40. The number of aromatic nitrogens is 4. The van der Waals surface area contributed by atoms with Crippen molar-refractivity contribution < 1.29 is 13.9 Å². The molecule has 0 bridgehead atoms. The number of benzene rings is 1. The first-order valence-electron chi connectivity index (χ1n) is 10.4. The molecule has 0 aliphatic heterocycles. The number of ether oxygens (including phenoxy) is 1. The zero-order valence-electron chi connectivity index (χ0n) is 17.8. The lowest BCUT2D eigenvalue weighted by Gasteiger charge is -2.26. The number of hydrogen-bond acceptors (Lipinski definition) is 7. The van der Waals surface area contributed by atoms with Crippen molar-refractivity contribution in [2.45, 2.75) is 19.3 Å². The van der Waals surface area contributed by atoms with E-state index in [0.717, 1.165) is 38.9 Å². The van der Waals surface area contributed by atoms with Crippen LogP contribution in [-0.2, 0) is 22.4 Å². The second-order valence-corrected chi connectivity index (χ2v) is 9.10. The maximum Gasteiger partial charge on any atom is 0.225 e. The van der Waals surface area contributed by atoms with Crippen LogP contribution in [0.25, 0.3) is 21.1 Å². The van der Waals surface area contributed by atoms with E-state index in [0.29, 0.717) is 36.6 Å². The Hall–Kier alpha value is -3.11. The molecular formula is C22H23FN6O2S. The van der Waals surface area contributed by atoms with Gasteiger partial charge >= 0.3 is 0 Å². The second-order valence-electron chi connectivity index (χ2n) is 8.01. The normalized spacial score (nSPS) is 15.8. The number of anilines is 2. The number of fused-ring (bicyclic) bond motifs is 4. The van der Waals surface area contributed by atoms with Gasteiger partial charge in [-0.15, -0.1) is 11.3 Å². The van der Waals surface area contributed by atoms with Crippen LogP contribution in [0.5, 0.6) is 0 Å². The molecule has 0 spiro atoms. The number of carbonyl (C=O) groups is 1. The van der Waals surface area contributed by atoms with E-state index in [2.05, 4.69) is 25.5 Å². The molecule has 0 saturated carbocycles. The number of amides is 1. The van der Waals surface area contributed by atoms with E-state index >= 15 is 0 Å². The van der Waals surface area contributed by atoms with E-state index < -0.39 is 0 Å². The van der Waals surface area contributed by atoms with Gasteiger partial charge in [-0.3, -0.25) is 9.89 Å². The highest BCUT2D eigenvalue weighted by Gasteiger charge is 2.30. The summed E-state index contributed by atoms with van der Waals surface area (Å²) in [5.41, 5.74) is 2.13.